The van der Waals surface area contributed by atoms with Crippen molar-refractivity contribution in [3.8, 4) is 0 Å². The van der Waals surface area contributed by atoms with Crippen molar-refractivity contribution in [1.82, 2.24) is 0 Å². The molecule has 0 saturated carbocycles. The monoisotopic (exact) mass is 204 g/mol. The van der Waals surface area contributed by atoms with Crippen LogP contribution in [-0.4, -0.2) is 12.6 Å². The van der Waals surface area contributed by atoms with Gasteiger partial charge in [0.2, 0.25) is 0 Å². The van der Waals surface area contributed by atoms with Gasteiger partial charge >= 0.3 is 0 Å². The summed E-state index contributed by atoms with van der Waals surface area (Å²) >= 11 is 0. The van der Waals surface area contributed by atoms with Crippen molar-refractivity contribution >= 4 is 0 Å². The van der Waals surface area contributed by atoms with E-state index in [0.29, 0.717) is 6.54 Å². The van der Waals surface area contributed by atoms with E-state index in [0.717, 1.165) is 12.3 Å². The number of hydrogen-bond acceptors (Lipinski definition) is 2. The highest BCUT2D eigenvalue weighted by Crippen LogP contribution is 2.27. The molecule has 2 heteroatoms. The summed E-state index contributed by atoms with van der Waals surface area (Å²) in [5.41, 5.74) is 14.5. The second kappa shape index (κ2) is 4.77. The normalized spacial score (nSPS) is 22.1. The fourth-order valence-corrected chi connectivity index (χ4v) is 2.50. The van der Waals surface area contributed by atoms with E-state index < -0.39 is 0 Å². The quantitative estimate of drug-likeness (QED) is 0.783. The molecule has 0 bridgehead atoms. The summed E-state index contributed by atoms with van der Waals surface area (Å²) in [5.74, 6) is 0.735. The highest BCUT2D eigenvalue weighted by atomic mass is 14.7. The molecule has 1 aromatic rings. The summed E-state index contributed by atoms with van der Waals surface area (Å²) in [6.45, 7) is 0.609. The molecule has 0 aromatic heterocycles. The second-order valence-corrected chi connectivity index (χ2v) is 4.61. The molecule has 0 amide bonds. The van der Waals surface area contributed by atoms with E-state index >= 15 is 0 Å². The number of benzene rings is 1. The standard InChI is InChI=1S/C13H20N2/c14-9-13(15)8-10-5-6-11-3-1-2-4-12(11)7-10/h1-4,10,13H,5-9,14-15H2/t10-,13+/m1/s1. The lowest BCUT2D eigenvalue weighted by atomic mass is 9.81. The third-order valence-corrected chi connectivity index (χ3v) is 3.39. The van der Waals surface area contributed by atoms with Gasteiger partial charge in [0.25, 0.3) is 0 Å². The van der Waals surface area contributed by atoms with Gasteiger partial charge < -0.3 is 11.5 Å². The van der Waals surface area contributed by atoms with Crippen LogP contribution in [0.25, 0.3) is 0 Å². The first kappa shape index (κ1) is 10.7. The van der Waals surface area contributed by atoms with Crippen LogP contribution < -0.4 is 11.5 Å². The molecule has 0 saturated heterocycles. The molecule has 2 rings (SSSR count). The van der Waals surface area contributed by atoms with Crippen molar-refractivity contribution in [3.05, 3.63) is 35.4 Å². The Hall–Kier alpha value is -0.860. The van der Waals surface area contributed by atoms with Gasteiger partial charge in [0, 0.05) is 12.6 Å². The van der Waals surface area contributed by atoms with Crippen LogP contribution in [0.15, 0.2) is 24.3 Å². The van der Waals surface area contributed by atoms with Gasteiger partial charge in [-0.05, 0) is 42.7 Å². The third-order valence-electron chi connectivity index (χ3n) is 3.39. The minimum absolute atomic E-state index is 0.181. The van der Waals surface area contributed by atoms with Gasteiger partial charge in [-0.3, -0.25) is 0 Å². The molecule has 2 nitrogen and oxygen atoms in total. The summed E-state index contributed by atoms with van der Waals surface area (Å²) in [4.78, 5) is 0. The van der Waals surface area contributed by atoms with E-state index in [1.165, 1.54) is 30.4 Å². The van der Waals surface area contributed by atoms with E-state index in [2.05, 4.69) is 24.3 Å². The molecule has 2 atom stereocenters. The van der Waals surface area contributed by atoms with Crippen LogP contribution in [0, 0.1) is 5.92 Å². The Morgan fingerprint density at radius 3 is 2.73 bits per heavy atom. The largest absolute Gasteiger partial charge is 0.329 e. The zero-order valence-electron chi connectivity index (χ0n) is 9.15. The maximum absolute atomic E-state index is 5.90. The maximum atomic E-state index is 5.90. The zero-order chi connectivity index (χ0) is 10.7. The molecule has 0 unspecified atom stereocenters. The minimum Gasteiger partial charge on any atom is -0.329 e. The molecule has 0 fully saturated rings. The van der Waals surface area contributed by atoms with Crippen molar-refractivity contribution in [1.29, 1.82) is 0 Å². The Balaban J connectivity index is 1.99. The summed E-state index contributed by atoms with van der Waals surface area (Å²) < 4.78 is 0. The Kier molecular flexibility index (Phi) is 3.39. The van der Waals surface area contributed by atoms with E-state index in [4.69, 9.17) is 11.5 Å². The molecule has 1 aliphatic carbocycles. The molecule has 82 valence electrons. The van der Waals surface area contributed by atoms with Gasteiger partial charge in [-0.1, -0.05) is 24.3 Å². The average Bonchev–Trinajstić information content (AvgIpc) is 2.29. The Labute approximate surface area is 91.7 Å². The number of fused-ring (bicyclic) bond motifs is 1. The van der Waals surface area contributed by atoms with Crippen LogP contribution >= 0.6 is 0 Å². The fraction of sp³-hybridized carbons (Fsp3) is 0.538. The second-order valence-electron chi connectivity index (χ2n) is 4.61. The summed E-state index contributed by atoms with van der Waals surface area (Å²) in [5, 5.41) is 0. The molecule has 0 heterocycles. The summed E-state index contributed by atoms with van der Waals surface area (Å²) in [6.07, 6.45) is 4.73. The number of hydrogen-bond donors (Lipinski definition) is 2. The predicted molar refractivity (Wildman–Crippen MR) is 63.6 cm³/mol. The van der Waals surface area contributed by atoms with Gasteiger partial charge in [-0.25, -0.2) is 0 Å². The summed E-state index contributed by atoms with van der Waals surface area (Å²) in [6, 6.07) is 8.93. The number of aryl methyl sites for hydroxylation is 1. The van der Waals surface area contributed by atoms with Crippen molar-refractivity contribution in [2.24, 2.45) is 17.4 Å². The molecule has 1 aliphatic rings. The van der Waals surface area contributed by atoms with E-state index in [1.54, 1.807) is 0 Å². The molecule has 0 spiro atoms. The van der Waals surface area contributed by atoms with Crippen LogP contribution in [-0.2, 0) is 12.8 Å². The molecular formula is C13H20N2. The fourth-order valence-electron chi connectivity index (χ4n) is 2.50. The SMILES string of the molecule is NC[C@@H](N)C[C@@H]1CCc2ccccc2C1. The maximum Gasteiger partial charge on any atom is 0.0165 e. The van der Waals surface area contributed by atoms with Crippen LogP contribution in [0.3, 0.4) is 0 Å². The Morgan fingerprint density at radius 2 is 2.00 bits per heavy atom. The van der Waals surface area contributed by atoms with Gasteiger partial charge in [-0.2, -0.15) is 0 Å². The molecular weight excluding hydrogens is 184 g/mol. The van der Waals surface area contributed by atoms with Gasteiger partial charge in [0.05, 0.1) is 0 Å². The first-order valence-corrected chi connectivity index (χ1v) is 5.82. The number of nitrogens with two attached hydrogens (primary N) is 2. The lowest BCUT2D eigenvalue weighted by Gasteiger charge is -2.26. The molecule has 15 heavy (non-hydrogen) atoms. The van der Waals surface area contributed by atoms with Crippen molar-refractivity contribution in [3.63, 3.8) is 0 Å². The molecule has 0 radical (unpaired) electrons. The highest BCUT2D eigenvalue weighted by Gasteiger charge is 2.19. The van der Waals surface area contributed by atoms with Crippen molar-refractivity contribution in [2.75, 3.05) is 6.54 Å². The number of rotatable bonds is 3. The summed E-state index contributed by atoms with van der Waals surface area (Å²) in [7, 11) is 0. The first-order chi connectivity index (χ1) is 7.29. The zero-order valence-corrected chi connectivity index (χ0v) is 9.15. The smallest absolute Gasteiger partial charge is 0.0165 e. The van der Waals surface area contributed by atoms with Crippen LogP contribution in [0.2, 0.25) is 0 Å². The minimum atomic E-state index is 0.181. The van der Waals surface area contributed by atoms with Crippen molar-refractivity contribution < 1.29 is 0 Å². The van der Waals surface area contributed by atoms with E-state index in [9.17, 15) is 0 Å². The van der Waals surface area contributed by atoms with Crippen LogP contribution in [0.1, 0.15) is 24.0 Å². The molecule has 4 N–H and O–H groups in total. The Morgan fingerprint density at radius 1 is 1.27 bits per heavy atom. The van der Waals surface area contributed by atoms with Gasteiger partial charge in [0.15, 0.2) is 0 Å². The molecule has 0 aliphatic heterocycles. The van der Waals surface area contributed by atoms with E-state index in [-0.39, 0.29) is 6.04 Å². The van der Waals surface area contributed by atoms with Crippen molar-refractivity contribution in [2.45, 2.75) is 31.7 Å². The van der Waals surface area contributed by atoms with Gasteiger partial charge in [0.1, 0.15) is 0 Å². The van der Waals surface area contributed by atoms with Crippen LogP contribution in [0.4, 0.5) is 0 Å². The lowest BCUT2D eigenvalue weighted by Crippen LogP contribution is -2.33. The van der Waals surface area contributed by atoms with E-state index in [1.807, 2.05) is 0 Å². The lowest BCUT2D eigenvalue weighted by molar-refractivity contribution is 0.391. The average molecular weight is 204 g/mol. The van der Waals surface area contributed by atoms with Gasteiger partial charge in [-0.15, -0.1) is 0 Å². The van der Waals surface area contributed by atoms with Crippen LogP contribution in [0.5, 0.6) is 0 Å². The Bertz CT molecular complexity index is 322. The first-order valence-electron chi connectivity index (χ1n) is 5.82. The molecule has 1 aromatic carbocycles. The highest BCUT2D eigenvalue weighted by molar-refractivity contribution is 5.29. The third kappa shape index (κ3) is 2.58. The topological polar surface area (TPSA) is 52.0 Å². The predicted octanol–water partition coefficient (Wildman–Crippen LogP) is 1.47.